The zero-order valence-corrected chi connectivity index (χ0v) is 20.4. The Bertz CT molecular complexity index is 801. The van der Waals surface area contributed by atoms with Crippen molar-refractivity contribution in [2.75, 3.05) is 0 Å². The highest BCUT2D eigenvalue weighted by Crippen LogP contribution is 2.37. The maximum atomic E-state index is 12.8. The fraction of sp³-hybridized carbons (Fsp3) is 0.600. The summed E-state index contributed by atoms with van der Waals surface area (Å²) >= 11 is 0. The second-order valence-electron chi connectivity index (χ2n) is 9.97. The third-order valence-electron chi connectivity index (χ3n) is 7.57. The van der Waals surface area contributed by atoms with E-state index in [0.29, 0.717) is 5.92 Å². The summed E-state index contributed by atoms with van der Waals surface area (Å²) in [6.07, 6.45) is 21.8. The van der Waals surface area contributed by atoms with Gasteiger partial charge in [0, 0.05) is 6.08 Å². The monoisotopic (exact) mass is 447 g/mol. The maximum absolute atomic E-state index is 12.8. The van der Waals surface area contributed by atoms with Crippen LogP contribution in [0.2, 0.25) is 0 Å². The predicted octanol–water partition coefficient (Wildman–Crippen LogP) is 7.82. The van der Waals surface area contributed by atoms with Gasteiger partial charge in [-0.2, -0.15) is 5.26 Å². The fourth-order valence-corrected chi connectivity index (χ4v) is 5.40. The van der Waals surface area contributed by atoms with E-state index in [-0.39, 0.29) is 18.0 Å². The van der Waals surface area contributed by atoms with Crippen LogP contribution < -0.4 is 0 Å². The number of carbonyl (C=O) groups excluding carboxylic acids is 1. The van der Waals surface area contributed by atoms with Crippen LogP contribution in [-0.2, 0) is 16.0 Å². The van der Waals surface area contributed by atoms with Gasteiger partial charge in [-0.15, -0.1) is 0 Å². The molecule has 2 aliphatic carbocycles. The topological polar surface area (TPSA) is 50.1 Å². The van der Waals surface area contributed by atoms with E-state index < -0.39 is 0 Å². The molecule has 0 spiro atoms. The van der Waals surface area contributed by atoms with E-state index >= 15 is 0 Å². The molecule has 0 N–H and O–H groups in total. The molecule has 33 heavy (non-hydrogen) atoms. The van der Waals surface area contributed by atoms with Crippen LogP contribution in [0.1, 0.15) is 101 Å². The minimum atomic E-state index is 0.0547. The smallest absolute Gasteiger partial charge is 0.309 e. The number of benzene rings is 1. The number of hydrogen-bond acceptors (Lipinski definition) is 3. The average molecular weight is 448 g/mol. The quantitative estimate of drug-likeness (QED) is 0.209. The van der Waals surface area contributed by atoms with E-state index in [4.69, 9.17) is 10.00 Å². The predicted molar refractivity (Wildman–Crippen MR) is 135 cm³/mol. The minimum absolute atomic E-state index is 0.0547. The molecule has 1 aromatic rings. The third-order valence-corrected chi connectivity index (χ3v) is 7.57. The standard InChI is InChI=1S/C30H41NO2/c1-2-3-9-24-11-15-26(16-12-24)27-17-19-28(20-18-27)30(32)33-29-21-13-25(14-22-29)10-7-5-4-6-8-23-31/h4-6,8,11-12,15-16,25,27-29H,2-3,7,9-10,13-14,17-22H2,1H3/t25-,27-,28-,29-. The Balaban J connectivity index is 1.33. The molecule has 0 atom stereocenters. The Kier molecular flexibility index (Phi) is 10.8. The van der Waals surface area contributed by atoms with Crippen molar-refractivity contribution in [2.24, 2.45) is 11.8 Å². The molecule has 0 saturated heterocycles. The Hall–Kier alpha value is -2.34. The van der Waals surface area contributed by atoms with E-state index in [0.717, 1.165) is 63.7 Å². The number of rotatable bonds is 10. The minimum Gasteiger partial charge on any atom is -0.462 e. The molecule has 0 heterocycles. The van der Waals surface area contributed by atoms with Gasteiger partial charge in [-0.25, -0.2) is 0 Å². The van der Waals surface area contributed by atoms with E-state index in [1.807, 2.05) is 12.1 Å². The number of ether oxygens (including phenoxy) is 1. The van der Waals surface area contributed by atoms with Gasteiger partial charge in [0.1, 0.15) is 6.10 Å². The SMILES string of the molecule is CCCCc1ccc([C@H]2CC[C@H](C(=O)O[C@H]3CC[C@H](CCC=CC=CC#N)CC3)CC2)cc1. The first-order valence-electron chi connectivity index (χ1n) is 13.2. The van der Waals surface area contributed by atoms with Crippen molar-refractivity contribution in [3.63, 3.8) is 0 Å². The Morgan fingerprint density at radius 3 is 2.42 bits per heavy atom. The zero-order valence-electron chi connectivity index (χ0n) is 20.4. The van der Waals surface area contributed by atoms with Gasteiger partial charge in [0.2, 0.25) is 0 Å². The number of esters is 1. The summed E-state index contributed by atoms with van der Waals surface area (Å²) in [6, 6.07) is 11.2. The first kappa shape index (κ1) is 25.3. The number of allylic oxidation sites excluding steroid dienone is 4. The molecule has 2 fully saturated rings. The lowest BCUT2D eigenvalue weighted by Gasteiger charge is -2.31. The van der Waals surface area contributed by atoms with Crippen molar-refractivity contribution in [2.45, 2.75) is 102 Å². The Labute approximate surface area is 200 Å². The Morgan fingerprint density at radius 1 is 1.03 bits per heavy atom. The molecular formula is C30H41NO2. The molecule has 178 valence electrons. The van der Waals surface area contributed by atoms with Crippen molar-refractivity contribution in [3.05, 3.63) is 59.7 Å². The second kappa shape index (κ2) is 14.0. The summed E-state index contributed by atoms with van der Waals surface area (Å²) in [6.45, 7) is 2.24. The summed E-state index contributed by atoms with van der Waals surface area (Å²) in [5, 5.41) is 8.48. The van der Waals surface area contributed by atoms with Crippen molar-refractivity contribution < 1.29 is 9.53 Å². The van der Waals surface area contributed by atoms with Crippen LogP contribution in [0.15, 0.2) is 48.6 Å². The molecule has 0 aromatic heterocycles. The molecule has 3 nitrogen and oxygen atoms in total. The molecule has 2 saturated carbocycles. The van der Waals surface area contributed by atoms with Gasteiger partial charge in [-0.05, 0) is 100 Å². The van der Waals surface area contributed by atoms with E-state index in [2.05, 4.69) is 37.3 Å². The fourth-order valence-electron chi connectivity index (χ4n) is 5.40. The first-order valence-corrected chi connectivity index (χ1v) is 13.2. The summed E-state index contributed by atoms with van der Waals surface area (Å²) in [4.78, 5) is 12.8. The van der Waals surface area contributed by atoms with Gasteiger partial charge >= 0.3 is 5.97 Å². The molecular weight excluding hydrogens is 406 g/mol. The molecule has 0 radical (unpaired) electrons. The molecule has 3 rings (SSSR count). The van der Waals surface area contributed by atoms with Gasteiger partial charge in [-0.3, -0.25) is 4.79 Å². The van der Waals surface area contributed by atoms with Gasteiger partial charge < -0.3 is 4.74 Å². The van der Waals surface area contributed by atoms with Crippen LogP contribution in [0, 0.1) is 23.2 Å². The highest BCUT2D eigenvalue weighted by molar-refractivity contribution is 5.72. The van der Waals surface area contributed by atoms with Crippen LogP contribution in [0.5, 0.6) is 0 Å². The normalized spacial score (nSPS) is 25.8. The largest absolute Gasteiger partial charge is 0.462 e. The van der Waals surface area contributed by atoms with Crippen molar-refractivity contribution in [1.82, 2.24) is 0 Å². The molecule has 0 amide bonds. The average Bonchev–Trinajstić information content (AvgIpc) is 2.86. The van der Waals surface area contributed by atoms with Crippen LogP contribution in [0.4, 0.5) is 0 Å². The molecule has 1 aromatic carbocycles. The molecule has 2 aliphatic rings. The van der Waals surface area contributed by atoms with Gasteiger partial charge in [-0.1, -0.05) is 55.8 Å². The lowest BCUT2D eigenvalue weighted by Crippen LogP contribution is -2.29. The third kappa shape index (κ3) is 8.50. The molecule has 0 aliphatic heterocycles. The van der Waals surface area contributed by atoms with Crippen molar-refractivity contribution >= 4 is 5.97 Å². The molecule has 3 heteroatoms. The summed E-state index contributed by atoms with van der Waals surface area (Å²) in [5.74, 6) is 1.47. The molecule has 0 bridgehead atoms. The van der Waals surface area contributed by atoms with Gasteiger partial charge in [0.15, 0.2) is 0 Å². The Morgan fingerprint density at radius 2 is 1.76 bits per heavy atom. The van der Waals surface area contributed by atoms with Crippen molar-refractivity contribution in [1.29, 1.82) is 5.26 Å². The van der Waals surface area contributed by atoms with Crippen molar-refractivity contribution in [3.8, 4) is 6.07 Å². The summed E-state index contributed by atoms with van der Waals surface area (Å²) in [5.41, 5.74) is 2.88. The zero-order chi connectivity index (χ0) is 23.3. The highest BCUT2D eigenvalue weighted by atomic mass is 16.5. The molecule has 0 unspecified atom stereocenters. The van der Waals surface area contributed by atoms with Gasteiger partial charge in [0.05, 0.1) is 12.0 Å². The van der Waals surface area contributed by atoms with Crippen LogP contribution >= 0.6 is 0 Å². The lowest BCUT2D eigenvalue weighted by atomic mass is 9.78. The lowest BCUT2D eigenvalue weighted by molar-refractivity contribution is -0.157. The van der Waals surface area contributed by atoms with Crippen LogP contribution in [0.3, 0.4) is 0 Å². The maximum Gasteiger partial charge on any atom is 0.309 e. The first-order chi connectivity index (χ1) is 16.2. The number of carbonyl (C=O) groups is 1. The summed E-state index contributed by atoms with van der Waals surface area (Å²) < 4.78 is 5.95. The van der Waals surface area contributed by atoms with Gasteiger partial charge in [0.25, 0.3) is 0 Å². The number of nitriles is 1. The summed E-state index contributed by atoms with van der Waals surface area (Å²) in [7, 11) is 0. The number of nitrogens with zero attached hydrogens (tertiary/aromatic N) is 1. The number of aryl methyl sites for hydroxylation is 1. The number of hydrogen-bond donors (Lipinski definition) is 0. The number of unbranched alkanes of at least 4 members (excludes halogenated alkanes) is 1. The van der Waals surface area contributed by atoms with Crippen LogP contribution in [-0.4, -0.2) is 12.1 Å². The van der Waals surface area contributed by atoms with Crippen LogP contribution in [0.25, 0.3) is 0 Å². The van der Waals surface area contributed by atoms with E-state index in [9.17, 15) is 4.79 Å². The highest BCUT2D eigenvalue weighted by Gasteiger charge is 2.31. The second-order valence-corrected chi connectivity index (χ2v) is 9.97. The van der Waals surface area contributed by atoms with E-state index in [1.165, 1.54) is 42.9 Å². The van der Waals surface area contributed by atoms with E-state index in [1.54, 1.807) is 6.08 Å².